The zero-order valence-electron chi connectivity index (χ0n) is 22.4. The molecule has 0 spiro atoms. The number of ketones is 2. The number of carbonyl (C=O) groups is 4. The number of rotatable bonds is 4. The molecule has 41 heavy (non-hydrogen) atoms. The molecular weight excluding hydrogens is 532 g/mol. The highest BCUT2D eigenvalue weighted by atomic mass is 16.5. The molecule has 212 valence electrons. The lowest BCUT2D eigenvalue weighted by Crippen LogP contribution is -2.63. The summed E-state index contributed by atoms with van der Waals surface area (Å²) in [6.07, 6.45) is 1.61. The molecule has 0 fully saturated rings. The van der Waals surface area contributed by atoms with Gasteiger partial charge in [-0.2, -0.15) is 0 Å². The van der Waals surface area contributed by atoms with Crippen LogP contribution >= 0.6 is 0 Å². The minimum absolute atomic E-state index is 0.104. The average molecular weight is 561 g/mol. The van der Waals surface area contributed by atoms with Gasteiger partial charge in [-0.1, -0.05) is 30.3 Å². The van der Waals surface area contributed by atoms with Crippen molar-refractivity contribution < 1.29 is 44.3 Å². The molecule has 0 aromatic heterocycles. The van der Waals surface area contributed by atoms with Gasteiger partial charge in [0.25, 0.3) is 5.91 Å². The molecule has 11 nitrogen and oxygen atoms in total. The zero-order valence-corrected chi connectivity index (χ0v) is 22.4. The Bertz CT molecular complexity index is 1620. The van der Waals surface area contributed by atoms with Crippen molar-refractivity contribution in [3.8, 4) is 5.75 Å². The van der Waals surface area contributed by atoms with Crippen LogP contribution in [0.15, 0.2) is 65.1 Å². The molecule has 5 rings (SSSR count). The lowest BCUT2D eigenvalue weighted by atomic mass is 9.57. The second kappa shape index (κ2) is 9.72. The van der Waals surface area contributed by atoms with Gasteiger partial charge in [-0.05, 0) is 55.4 Å². The van der Waals surface area contributed by atoms with E-state index in [4.69, 9.17) is 10.5 Å². The molecule has 0 aliphatic heterocycles. The third-order valence-electron chi connectivity index (χ3n) is 8.14. The largest absolute Gasteiger partial charge is 0.510 e. The van der Waals surface area contributed by atoms with Crippen molar-refractivity contribution >= 4 is 35.1 Å². The Morgan fingerprint density at radius 2 is 1.73 bits per heavy atom. The molecule has 6 N–H and O–H groups in total. The SMILES string of the molecule is COC(=O)c1ccc(/C=C2\c3cccc(O)c3C(=O)C3=C(O)[C@]4(O)C(=O)C(C(N)=O)=C(O)[C@@H](N(C)C)[C@@H]4C[C@@H]32)cc1. The summed E-state index contributed by atoms with van der Waals surface area (Å²) in [5, 5.41) is 45.0. The van der Waals surface area contributed by atoms with Gasteiger partial charge in [0.15, 0.2) is 11.4 Å². The van der Waals surface area contributed by atoms with Gasteiger partial charge in [-0.25, -0.2) is 4.79 Å². The van der Waals surface area contributed by atoms with E-state index in [1.807, 2.05) is 0 Å². The predicted molar refractivity (Wildman–Crippen MR) is 146 cm³/mol. The van der Waals surface area contributed by atoms with Gasteiger partial charge in [0.2, 0.25) is 5.78 Å². The summed E-state index contributed by atoms with van der Waals surface area (Å²) in [4.78, 5) is 52.9. The van der Waals surface area contributed by atoms with Gasteiger partial charge >= 0.3 is 5.97 Å². The maximum Gasteiger partial charge on any atom is 0.337 e. The highest BCUT2D eigenvalue weighted by Crippen LogP contribution is 2.55. The third-order valence-corrected chi connectivity index (χ3v) is 8.14. The maximum atomic E-state index is 13.8. The first-order chi connectivity index (χ1) is 19.3. The van der Waals surface area contributed by atoms with Crippen LogP contribution in [-0.2, 0) is 14.3 Å². The number of allylic oxidation sites excluding steroid dienone is 2. The summed E-state index contributed by atoms with van der Waals surface area (Å²) in [5.74, 6) is -7.98. The highest BCUT2D eigenvalue weighted by Gasteiger charge is 2.63. The summed E-state index contributed by atoms with van der Waals surface area (Å²) in [7, 11) is 4.39. The van der Waals surface area contributed by atoms with E-state index in [0.717, 1.165) is 0 Å². The smallest absolute Gasteiger partial charge is 0.337 e. The van der Waals surface area contributed by atoms with E-state index in [0.29, 0.717) is 22.3 Å². The van der Waals surface area contributed by atoms with Gasteiger partial charge in [0, 0.05) is 17.4 Å². The number of aliphatic hydroxyl groups is 3. The number of esters is 1. The van der Waals surface area contributed by atoms with Gasteiger partial charge in [-0.15, -0.1) is 0 Å². The number of aliphatic hydroxyl groups excluding tert-OH is 2. The van der Waals surface area contributed by atoms with E-state index >= 15 is 0 Å². The first-order valence-electron chi connectivity index (χ1n) is 12.7. The Morgan fingerprint density at radius 1 is 1.07 bits per heavy atom. The second-order valence-electron chi connectivity index (χ2n) is 10.5. The molecule has 0 heterocycles. The maximum absolute atomic E-state index is 13.8. The number of fused-ring (bicyclic) bond motifs is 3. The van der Waals surface area contributed by atoms with Gasteiger partial charge in [0.05, 0.1) is 24.3 Å². The fourth-order valence-electron chi connectivity index (χ4n) is 6.29. The van der Waals surface area contributed by atoms with E-state index in [2.05, 4.69) is 0 Å². The van der Waals surface area contributed by atoms with Gasteiger partial charge in [0.1, 0.15) is 22.8 Å². The quantitative estimate of drug-likeness (QED) is 0.273. The second-order valence-corrected chi connectivity index (χ2v) is 10.5. The molecule has 0 unspecified atom stereocenters. The number of likely N-dealkylation sites (N-methyl/N-ethyl adjacent to an activating group) is 1. The molecule has 1 amide bonds. The minimum Gasteiger partial charge on any atom is -0.510 e. The highest BCUT2D eigenvalue weighted by molar-refractivity contribution is 6.25. The number of amides is 1. The number of benzene rings is 2. The zero-order chi connectivity index (χ0) is 30.0. The van der Waals surface area contributed by atoms with Crippen LogP contribution in [-0.4, -0.2) is 81.6 Å². The van der Waals surface area contributed by atoms with Crippen LogP contribution in [0, 0.1) is 11.8 Å². The molecule has 3 aliphatic rings. The summed E-state index contributed by atoms with van der Waals surface area (Å²) >= 11 is 0. The molecule has 2 aromatic carbocycles. The van der Waals surface area contributed by atoms with E-state index in [1.165, 1.54) is 18.1 Å². The molecule has 3 aliphatic carbocycles. The number of hydrogen-bond acceptors (Lipinski definition) is 10. The number of hydrogen-bond donors (Lipinski definition) is 5. The Balaban J connectivity index is 1.77. The van der Waals surface area contributed by atoms with Crippen LogP contribution in [0.25, 0.3) is 11.6 Å². The summed E-state index contributed by atoms with van der Waals surface area (Å²) in [6, 6.07) is 9.79. The number of phenols is 1. The monoisotopic (exact) mass is 560 g/mol. The van der Waals surface area contributed by atoms with Gasteiger partial charge in [-0.3, -0.25) is 19.3 Å². The molecular formula is C30H28N2O9. The van der Waals surface area contributed by atoms with Crippen LogP contribution in [0.3, 0.4) is 0 Å². The third kappa shape index (κ3) is 3.96. The molecule has 0 saturated carbocycles. The standard InChI is InChI=1S/C30H28N2O9/c1-32(2)23-18-12-17-16(11-13-7-9-14(10-8-13)29(39)41-3)15-5-4-6-19(33)20(15)24(34)21(17)26(36)30(18,40)27(37)22(25(23)35)28(31)38/h4-11,17-18,23,33,35-36,40H,12H2,1-3H3,(H2,31,38)/b16-11+/t17-,18+,23+,30+/m1/s1. The predicted octanol–water partition coefficient (Wildman–Crippen LogP) is 1.91. The average Bonchev–Trinajstić information content (AvgIpc) is 2.92. The Morgan fingerprint density at radius 3 is 2.32 bits per heavy atom. The number of Topliss-reactive ketones (excluding diaryl/α,β-unsaturated/α-hetero) is 2. The lowest BCUT2D eigenvalue weighted by Gasteiger charge is -2.50. The molecule has 0 saturated heterocycles. The number of primary amides is 1. The van der Waals surface area contributed by atoms with Crippen molar-refractivity contribution in [2.75, 3.05) is 21.2 Å². The normalized spacial score (nSPS) is 26.6. The van der Waals surface area contributed by atoms with Crippen molar-refractivity contribution in [3.63, 3.8) is 0 Å². The van der Waals surface area contributed by atoms with Crippen LogP contribution in [0.4, 0.5) is 0 Å². The van der Waals surface area contributed by atoms with Crippen LogP contribution in [0.2, 0.25) is 0 Å². The van der Waals surface area contributed by atoms with Crippen LogP contribution < -0.4 is 5.73 Å². The van der Waals surface area contributed by atoms with Crippen molar-refractivity contribution in [2.24, 2.45) is 17.6 Å². The number of carbonyl (C=O) groups excluding carboxylic acids is 4. The number of methoxy groups -OCH3 is 1. The minimum atomic E-state index is -2.75. The summed E-state index contributed by atoms with van der Waals surface area (Å²) in [5.41, 5.74) is 3.11. The van der Waals surface area contributed by atoms with Crippen molar-refractivity contribution in [2.45, 2.75) is 18.1 Å². The number of ether oxygens (including phenoxy) is 1. The summed E-state index contributed by atoms with van der Waals surface area (Å²) in [6.45, 7) is 0. The lowest BCUT2D eigenvalue weighted by molar-refractivity contribution is -0.148. The summed E-state index contributed by atoms with van der Waals surface area (Å²) < 4.78 is 4.75. The Hall–Kier alpha value is -4.74. The van der Waals surface area contributed by atoms with E-state index in [1.54, 1.807) is 56.6 Å². The fourth-order valence-corrected chi connectivity index (χ4v) is 6.29. The fraction of sp³-hybridized carbons (Fsp3) is 0.267. The van der Waals surface area contributed by atoms with E-state index in [9.17, 15) is 39.6 Å². The van der Waals surface area contributed by atoms with Crippen molar-refractivity contribution in [1.29, 1.82) is 0 Å². The van der Waals surface area contributed by atoms with Gasteiger partial charge < -0.3 is 30.9 Å². The topological polar surface area (TPSA) is 188 Å². The van der Waals surface area contributed by atoms with E-state index in [-0.39, 0.29) is 23.3 Å². The number of aromatic hydroxyl groups is 1. The molecule has 0 radical (unpaired) electrons. The van der Waals surface area contributed by atoms with Crippen molar-refractivity contribution in [3.05, 3.63) is 87.4 Å². The van der Waals surface area contributed by atoms with Crippen LogP contribution in [0.1, 0.15) is 38.3 Å². The van der Waals surface area contributed by atoms with Crippen LogP contribution in [0.5, 0.6) is 5.75 Å². The molecule has 4 atom stereocenters. The number of nitrogens with two attached hydrogens (primary N) is 1. The molecule has 2 aromatic rings. The Kier molecular flexibility index (Phi) is 6.59. The Labute approximate surface area is 234 Å². The van der Waals surface area contributed by atoms with E-state index < -0.39 is 64.0 Å². The first kappa shape index (κ1) is 27.8. The molecule has 0 bridgehead atoms. The van der Waals surface area contributed by atoms with Crippen molar-refractivity contribution in [1.82, 2.24) is 4.90 Å². The number of nitrogens with zero attached hydrogens (tertiary/aromatic N) is 1. The first-order valence-corrected chi connectivity index (χ1v) is 12.7. The number of phenolic OH excluding ortho intramolecular Hbond substituents is 1. The molecule has 11 heteroatoms.